The molecule has 2 rings (SSSR count). The number of hydrogen-bond acceptors (Lipinski definition) is 5. The highest BCUT2D eigenvalue weighted by molar-refractivity contribution is 5.35. The minimum Gasteiger partial charge on any atom is -0.492 e. The second-order valence-electron chi connectivity index (χ2n) is 5.60. The van der Waals surface area contributed by atoms with Gasteiger partial charge >= 0.3 is 0 Å². The van der Waals surface area contributed by atoms with Crippen molar-refractivity contribution in [2.75, 3.05) is 26.7 Å². The number of nitrogens with one attached hydrogen (secondary N) is 1. The van der Waals surface area contributed by atoms with Gasteiger partial charge < -0.3 is 15.0 Å². The lowest BCUT2D eigenvalue weighted by atomic mass is 9.99. The summed E-state index contributed by atoms with van der Waals surface area (Å²) in [5.41, 5.74) is 0.0841. The van der Waals surface area contributed by atoms with E-state index in [0.29, 0.717) is 24.4 Å². The Hall–Kier alpha value is -1.66. The lowest BCUT2D eigenvalue weighted by Gasteiger charge is -2.35. The second-order valence-corrected chi connectivity index (χ2v) is 5.60. The quantitative estimate of drug-likeness (QED) is 0.494. The van der Waals surface area contributed by atoms with Crippen LogP contribution in [0.3, 0.4) is 0 Å². The van der Waals surface area contributed by atoms with Crippen molar-refractivity contribution < 1.29 is 9.66 Å². The fourth-order valence-electron chi connectivity index (χ4n) is 2.57. The molecule has 0 saturated carbocycles. The van der Waals surface area contributed by atoms with Crippen LogP contribution in [0.5, 0.6) is 5.75 Å². The first-order chi connectivity index (χ1) is 10.1. The number of nitro groups is 1. The Morgan fingerprint density at radius 3 is 2.76 bits per heavy atom. The van der Waals surface area contributed by atoms with E-state index in [2.05, 4.69) is 24.2 Å². The lowest BCUT2D eigenvalue weighted by Crippen LogP contribution is -2.46. The van der Waals surface area contributed by atoms with E-state index >= 15 is 0 Å². The minimum absolute atomic E-state index is 0.0841. The van der Waals surface area contributed by atoms with Crippen LogP contribution in [0, 0.1) is 10.1 Å². The summed E-state index contributed by atoms with van der Waals surface area (Å²) in [6.45, 7) is 4.74. The normalized spacial score (nSPS) is 23.0. The van der Waals surface area contributed by atoms with Crippen molar-refractivity contribution in [3.63, 3.8) is 0 Å². The smallest absolute Gasteiger partial charge is 0.269 e. The minimum atomic E-state index is -0.410. The summed E-state index contributed by atoms with van der Waals surface area (Å²) in [5, 5.41) is 14.1. The van der Waals surface area contributed by atoms with Gasteiger partial charge in [0.15, 0.2) is 0 Å². The Morgan fingerprint density at radius 2 is 2.14 bits per heavy atom. The van der Waals surface area contributed by atoms with E-state index in [-0.39, 0.29) is 5.69 Å². The lowest BCUT2D eigenvalue weighted by molar-refractivity contribution is -0.384. The molecule has 0 radical (unpaired) electrons. The standard InChI is InChI=1S/C15H23N3O3/c1-12-11-13(7-9-17(12)2)16-8-10-21-15-5-3-14(4-6-15)18(19)20/h3-6,12-13,16H,7-11H2,1-2H3. The van der Waals surface area contributed by atoms with Gasteiger partial charge in [-0.2, -0.15) is 0 Å². The Morgan fingerprint density at radius 1 is 1.43 bits per heavy atom. The van der Waals surface area contributed by atoms with E-state index in [4.69, 9.17) is 4.74 Å². The first-order valence-corrected chi connectivity index (χ1v) is 7.37. The highest BCUT2D eigenvalue weighted by atomic mass is 16.6. The molecule has 1 saturated heterocycles. The maximum atomic E-state index is 10.5. The number of benzene rings is 1. The van der Waals surface area contributed by atoms with Crippen LogP contribution in [0.2, 0.25) is 0 Å². The summed E-state index contributed by atoms with van der Waals surface area (Å²) in [5.74, 6) is 0.666. The second kappa shape index (κ2) is 7.38. The molecule has 1 aromatic rings. The van der Waals surface area contributed by atoms with E-state index in [1.54, 1.807) is 12.1 Å². The predicted octanol–water partition coefficient (Wildman–Crippen LogP) is 2.05. The summed E-state index contributed by atoms with van der Waals surface area (Å²) in [6, 6.07) is 7.36. The Bertz CT molecular complexity index is 464. The molecule has 2 unspecified atom stereocenters. The topological polar surface area (TPSA) is 67.6 Å². The van der Waals surface area contributed by atoms with Crippen LogP contribution in [-0.4, -0.2) is 48.7 Å². The zero-order valence-electron chi connectivity index (χ0n) is 12.6. The molecular formula is C15H23N3O3. The molecule has 6 nitrogen and oxygen atoms in total. The largest absolute Gasteiger partial charge is 0.492 e. The van der Waals surface area contributed by atoms with Crippen molar-refractivity contribution in [2.45, 2.75) is 31.8 Å². The third kappa shape index (κ3) is 4.68. The van der Waals surface area contributed by atoms with Crippen molar-refractivity contribution in [1.82, 2.24) is 10.2 Å². The molecule has 21 heavy (non-hydrogen) atoms. The van der Waals surface area contributed by atoms with Gasteiger partial charge in [-0.3, -0.25) is 10.1 Å². The molecule has 0 spiro atoms. The molecule has 0 aromatic heterocycles. The molecular weight excluding hydrogens is 270 g/mol. The van der Waals surface area contributed by atoms with Gasteiger partial charge in [0.2, 0.25) is 0 Å². The molecule has 1 fully saturated rings. The monoisotopic (exact) mass is 293 g/mol. The van der Waals surface area contributed by atoms with Gasteiger partial charge in [0.25, 0.3) is 5.69 Å². The average Bonchev–Trinajstić information content (AvgIpc) is 2.47. The van der Waals surface area contributed by atoms with E-state index in [0.717, 1.165) is 19.5 Å². The average molecular weight is 293 g/mol. The summed E-state index contributed by atoms with van der Waals surface area (Å²) >= 11 is 0. The fourth-order valence-corrected chi connectivity index (χ4v) is 2.57. The third-order valence-electron chi connectivity index (χ3n) is 4.06. The van der Waals surface area contributed by atoms with Crippen molar-refractivity contribution in [2.24, 2.45) is 0 Å². The highest BCUT2D eigenvalue weighted by Gasteiger charge is 2.21. The summed E-state index contributed by atoms with van der Waals surface area (Å²) in [7, 11) is 2.17. The number of piperidine rings is 1. The molecule has 1 aromatic carbocycles. The Labute approximate surface area is 125 Å². The molecule has 6 heteroatoms. The predicted molar refractivity (Wildman–Crippen MR) is 81.7 cm³/mol. The first-order valence-electron chi connectivity index (χ1n) is 7.37. The number of hydrogen-bond donors (Lipinski definition) is 1. The number of nitrogens with zero attached hydrogens (tertiary/aromatic N) is 2. The molecule has 2 atom stereocenters. The zero-order chi connectivity index (χ0) is 15.2. The molecule has 1 N–H and O–H groups in total. The summed E-state index contributed by atoms with van der Waals surface area (Å²) in [6.07, 6.45) is 2.33. The number of likely N-dealkylation sites (tertiary alicyclic amines) is 1. The Kier molecular flexibility index (Phi) is 5.52. The van der Waals surface area contributed by atoms with E-state index < -0.39 is 4.92 Å². The van der Waals surface area contributed by atoms with Crippen molar-refractivity contribution in [3.8, 4) is 5.75 Å². The molecule has 116 valence electrons. The van der Waals surface area contributed by atoms with Gasteiger partial charge in [-0.05, 0) is 45.5 Å². The molecule has 1 aliphatic rings. The van der Waals surface area contributed by atoms with E-state index in [9.17, 15) is 10.1 Å². The van der Waals surface area contributed by atoms with Crippen LogP contribution in [0.25, 0.3) is 0 Å². The first kappa shape index (κ1) is 15.7. The van der Waals surface area contributed by atoms with Gasteiger partial charge in [0.1, 0.15) is 12.4 Å². The molecule has 0 amide bonds. The van der Waals surface area contributed by atoms with Crippen LogP contribution >= 0.6 is 0 Å². The number of nitro benzene ring substituents is 1. The van der Waals surface area contributed by atoms with Crippen LogP contribution in [0.4, 0.5) is 5.69 Å². The van der Waals surface area contributed by atoms with Gasteiger partial charge in [0, 0.05) is 30.8 Å². The van der Waals surface area contributed by atoms with Crippen molar-refractivity contribution in [3.05, 3.63) is 34.4 Å². The van der Waals surface area contributed by atoms with Crippen LogP contribution in [0.15, 0.2) is 24.3 Å². The maximum absolute atomic E-state index is 10.5. The molecule has 1 aliphatic heterocycles. The summed E-state index contributed by atoms with van der Waals surface area (Å²) in [4.78, 5) is 12.5. The van der Waals surface area contributed by atoms with Crippen molar-refractivity contribution >= 4 is 5.69 Å². The highest BCUT2D eigenvalue weighted by Crippen LogP contribution is 2.17. The van der Waals surface area contributed by atoms with Gasteiger partial charge in [0.05, 0.1) is 4.92 Å². The maximum Gasteiger partial charge on any atom is 0.269 e. The summed E-state index contributed by atoms with van der Waals surface area (Å²) < 4.78 is 5.58. The molecule has 0 bridgehead atoms. The molecule has 0 aliphatic carbocycles. The van der Waals surface area contributed by atoms with Crippen LogP contribution in [-0.2, 0) is 0 Å². The number of rotatable bonds is 6. The van der Waals surface area contributed by atoms with Gasteiger partial charge in [-0.1, -0.05) is 0 Å². The number of non-ortho nitro benzene ring substituents is 1. The number of ether oxygens (including phenoxy) is 1. The SMILES string of the molecule is CC1CC(NCCOc2ccc([N+](=O)[O-])cc2)CCN1C. The van der Waals surface area contributed by atoms with Crippen molar-refractivity contribution in [1.29, 1.82) is 0 Å². The van der Waals surface area contributed by atoms with Crippen LogP contribution in [0.1, 0.15) is 19.8 Å². The van der Waals surface area contributed by atoms with E-state index in [1.165, 1.54) is 18.6 Å². The Balaban J connectivity index is 1.66. The van der Waals surface area contributed by atoms with Gasteiger partial charge in [-0.25, -0.2) is 0 Å². The molecule has 1 heterocycles. The zero-order valence-corrected chi connectivity index (χ0v) is 12.6. The fraction of sp³-hybridized carbons (Fsp3) is 0.600. The third-order valence-corrected chi connectivity index (χ3v) is 4.06. The van der Waals surface area contributed by atoms with Crippen LogP contribution < -0.4 is 10.1 Å². The van der Waals surface area contributed by atoms with E-state index in [1.807, 2.05) is 0 Å². The van der Waals surface area contributed by atoms with Gasteiger partial charge in [-0.15, -0.1) is 0 Å².